The summed E-state index contributed by atoms with van der Waals surface area (Å²) in [7, 11) is -1.35. The molecule has 0 fully saturated rings. The van der Waals surface area contributed by atoms with Crippen LogP contribution in [0.4, 0.5) is 43.8 Å². The zero-order chi connectivity index (χ0) is 86.7. The third-order valence-corrected chi connectivity index (χ3v) is 18.2. The lowest BCUT2D eigenvalue weighted by molar-refractivity contribution is -0.140. The minimum Gasteiger partial charge on any atom is -0.480 e. The Bertz CT molecular complexity index is 5850. The number of aromatic amines is 1. The van der Waals surface area contributed by atoms with Gasteiger partial charge in [-0.25, -0.2) is 50.3 Å². The van der Waals surface area contributed by atoms with Crippen molar-refractivity contribution in [2.45, 2.75) is 80.0 Å². The van der Waals surface area contributed by atoms with Gasteiger partial charge in [0.05, 0.1) is 134 Å². The first-order chi connectivity index (χ1) is 56.5. The number of carboxylic acid groups (broad SMARTS) is 1. The number of ether oxygens (including phenoxy) is 1. The molecule has 658 valence electrons. The zero-order valence-electron chi connectivity index (χ0n) is 68.0. The van der Waals surface area contributed by atoms with Gasteiger partial charge in [0.1, 0.15) is 40.7 Å². The van der Waals surface area contributed by atoms with Gasteiger partial charge in [-0.15, -0.1) is 24.8 Å². The summed E-state index contributed by atoms with van der Waals surface area (Å²) in [5.74, 6) is -4.65. The molecule has 0 aliphatic rings. The van der Waals surface area contributed by atoms with Crippen molar-refractivity contribution in [1.82, 2.24) is 54.6 Å². The number of halogens is 9. The number of nitrogens with two attached hydrogens (primary N) is 2. The average Bonchev–Trinajstić information content (AvgIpc) is 1.68. The highest BCUT2D eigenvalue weighted by atomic mass is 79.9. The van der Waals surface area contributed by atoms with E-state index < -0.39 is 73.5 Å². The third kappa shape index (κ3) is 28.8. The maximum atomic E-state index is 14.3. The topological polar surface area (TPSA) is 387 Å². The van der Waals surface area contributed by atoms with Crippen LogP contribution in [0.2, 0.25) is 0 Å². The fourth-order valence-corrected chi connectivity index (χ4v) is 12.3. The van der Waals surface area contributed by atoms with Gasteiger partial charge < -0.3 is 62.6 Å². The highest BCUT2D eigenvalue weighted by Gasteiger charge is 2.24. The third-order valence-electron chi connectivity index (χ3n) is 17.3. The van der Waals surface area contributed by atoms with E-state index in [-0.39, 0.29) is 101 Å². The van der Waals surface area contributed by atoms with Crippen LogP contribution in [0.25, 0.3) is 77.3 Å². The SMILES string of the molecule is CC(C)(C)OC(=O)N[C@@H](CO)C(=O)O.Cc1cccc(-n2ncc3c(F)cc(Br)cc32)c1.Cc1cccc(-n2ncc3c(F)cc(N)cc32)c1.Cc1cccc(-n2ncc3c(F)cc(NC(=O)[C@@H](C)CO)cc32)c1.Cc1cccc(-n2ncc3c(F)cc(NC(=O)[C@@H](N)CO)cc32)c1.Cc1cccc(B(O)O)c1.Cl.Cl.Fc1cc(Br)cc2[nH]ncc12.S.S.S. The minimum absolute atomic E-state index is 0. The number of fused-ring (bicyclic) bond motifs is 5. The molecule has 0 saturated heterocycles. The Labute approximate surface area is 760 Å². The molecule has 0 radical (unpaired) electrons. The number of nitrogens with one attached hydrogen (secondary N) is 4. The van der Waals surface area contributed by atoms with Gasteiger partial charge in [-0.2, -0.15) is 66.0 Å². The zero-order valence-corrected chi connectivity index (χ0v) is 75.8. The van der Waals surface area contributed by atoms with Crippen molar-refractivity contribution >= 4 is 205 Å². The second kappa shape index (κ2) is 48.4. The maximum absolute atomic E-state index is 14.3. The minimum atomic E-state index is -1.35. The molecule has 0 aliphatic carbocycles. The standard InChI is InChI=1S/C18H18FN3O2.C17H17FN4O2.C14H10BrFN2.C14H12FN3.C8H15NO5.C7H9BO2.C7H4BrFN2.2ClH.3H2S/c1-11-4-3-5-14(6-11)22-17-8-13(21-18(24)12(2)10-23)7-16(19)15(17)9-20-22;1-10-3-2-4-12(5-10)22-16-7-11(21-17(24)15(19)9-23)6-14(18)13(16)8-20-22;1-9-3-2-4-11(5-9)18-14-7-10(15)6-13(16)12(14)8-17-18;1-9-3-2-4-11(5-9)18-14-7-10(16)6-13(15)12(14)8-17-18;1-8(2,3)14-7(13)9-5(4-10)6(11)12;1-6-3-2-4-7(5-6)8(9)10;8-4-1-6(9)5-3-10-11-7(5)2-4;;;;;/h3-9,12,23H,10H2,1-2H3,(H,21,24);2-8,15,23H,9,19H2,1H3,(H,21,24);2-8H,1H3;2-8H,16H2,1H3;5,10H,4H2,1-3H3,(H,9,13)(H,11,12);2-5,9-10H,1H3;1-3H,(H,10,11);2*1H;3*1H2/t12-;15-;;;5-;;;;;;;/m00..0......./s1. The molecule has 14 N–H and O–H groups in total. The van der Waals surface area contributed by atoms with Crippen LogP contribution in [0.3, 0.4) is 0 Å². The molecule has 0 saturated carbocycles. The summed E-state index contributed by atoms with van der Waals surface area (Å²) in [6.07, 6.45) is 6.59. The van der Waals surface area contributed by atoms with Crippen molar-refractivity contribution in [3.05, 3.63) is 279 Å². The normalized spacial score (nSPS) is 11.2. The molecular formula is C85H93BBr2Cl2F5N15O11S3. The van der Waals surface area contributed by atoms with Gasteiger partial charge in [-0.3, -0.25) is 14.7 Å². The number of aliphatic hydroxyl groups is 3. The molecule has 0 aliphatic heterocycles. The number of benzene rings is 10. The van der Waals surface area contributed by atoms with E-state index in [2.05, 4.69) is 73.1 Å². The van der Waals surface area contributed by atoms with Gasteiger partial charge >= 0.3 is 19.2 Å². The number of amides is 3. The Kier molecular flexibility index (Phi) is 41.1. The van der Waals surface area contributed by atoms with E-state index in [0.29, 0.717) is 74.8 Å². The average molecular weight is 1930 g/mol. The van der Waals surface area contributed by atoms with Gasteiger partial charge in [0, 0.05) is 26.0 Å². The van der Waals surface area contributed by atoms with Crippen LogP contribution in [0.15, 0.2) is 222 Å². The fourth-order valence-electron chi connectivity index (χ4n) is 11.4. The highest BCUT2D eigenvalue weighted by Crippen LogP contribution is 2.31. The van der Waals surface area contributed by atoms with E-state index in [9.17, 15) is 41.1 Å². The molecule has 5 aromatic heterocycles. The van der Waals surface area contributed by atoms with Crippen molar-refractivity contribution < 1.29 is 76.3 Å². The Morgan fingerprint density at radius 2 is 0.855 bits per heavy atom. The number of aryl methyl sites for hydroxylation is 5. The van der Waals surface area contributed by atoms with E-state index in [0.717, 1.165) is 56.1 Å². The largest absolute Gasteiger partial charge is 0.488 e. The summed E-state index contributed by atoms with van der Waals surface area (Å²) in [6, 6.07) is 51.2. The molecule has 15 aromatic rings. The summed E-state index contributed by atoms with van der Waals surface area (Å²) in [4.78, 5) is 45.1. The summed E-state index contributed by atoms with van der Waals surface area (Å²) >= 11 is 6.49. The Morgan fingerprint density at radius 3 is 1.22 bits per heavy atom. The number of nitrogens with zero attached hydrogens (tertiary/aromatic N) is 9. The maximum Gasteiger partial charge on any atom is 0.488 e. The number of nitrogen functional groups attached to an aromatic ring is 1. The first-order valence-corrected chi connectivity index (χ1v) is 38.1. The molecule has 39 heteroatoms. The van der Waals surface area contributed by atoms with E-state index in [4.69, 9.17) is 46.7 Å². The number of anilines is 3. The van der Waals surface area contributed by atoms with Crippen molar-refractivity contribution in [2.75, 3.05) is 36.2 Å². The van der Waals surface area contributed by atoms with E-state index >= 15 is 0 Å². The van der Waals surface area contributed by atoms with Gasteiger partial charge in [0.25, 0.3) is 0 Å². The number of carbonyl (C=O) groups excluding carboxylic acids is 3. The van der Waals surface area contributed by atoms with Crippen LogP contribution in [0.5, 0.6) is 0 Å². The first kappa shape index (κ1) is 105. The molecule has 0 spiro atoms. The van der Waals surface area contributed by atoms with Crippen molar-refractivity contribution in [3.8, 4) is 22.7 Å². The van der Waals surface area contributed by atoms with Crippen molar-refractivity contribution in [1.29, 1.82) is 0 Å². The molecule has 3 amide bonds. The molecule has 0 unspecified atom stereocenters. The van der Waals surface area contributed by atoms with E-state index in [1.54, 1.807) is 95.1 Å². The Morgan fingerprint density at radius 1 is 0.492 bits per heavy atom. The van der Waals surface area contributed by atoms with Gasteiger partial charge in [0.2, 0.25) is 11.8 Å². The number of carbonyl (C=O) groups is 4. The van der Waals surface area contributed by atoms with Crippen LogP contribution in [-0.4, -0.2) is 148 Å². The summed E-state index contributed by atoms with van der Waals surface area (Å²) in [5, 5.41) is 85.2. The number of hydrogen-bond donors (Lipinski definition) is 12. The number of H-pyrrole nitrogens is 1. The smallest absolute Gasteiger partial charge is 0.480 e. The molecule has 3 atom stereocenters. The molecular weight excluding hydrogens is 1840 g/mol. The van der Waals surface area contributed by atoms with E-state index in [1.807, 2.05) is 149 Å². The summed E-state index contributed by atoms with van der Waals surface area (Å²) < 4.78 is 82.0. The fraction of sp³-hybridized carbons (Fsp3) is 0.188. The van der Waals surface area contributed by atoms with Gasteiger partial charge in [-0.1, -0.05) is 117 Å². The first-order valence-electron chi connectivity index (χ1n) is 36.5. The lowest BCUT2D eigenvalue weighted by Gasteiger charge is -2.21. The predicted molar refractivity (Wildman–Crippen MR) is 502 cm³/mol. The van der Waals surface area contributed by atoms with Crippen molar-refractivity contribution in [3.63, 3.8) is 0 Å². The number of carboxylic acids is 1. The second-order valence-corrected chi connectivity index (χ2v) is 30.0. The monoisotopic (exact) mass is 1930 g/mol. The lowest BCUT2D eigenvalue weighted by atomic mass is 9.80. The van der Waals surface area contributed by atoms with Crippen LogP contribution >= 0.6 is 97.2 Å². The van der Waals surface area contributed by atoms with Crippen LogP contribution < -0.4 is 32.9 Å². The number of aliphatic carboxylic acids is 1. The number of rotatable bonds is 14. The van der Waals surface area contributed by atoms with E-state index in [1.165, 1.54) is 55.1 Å². The number of aliphatic hydroxyl groups excluding tert-OH is 3. The van der Waals surface area contributed by atoms with Crippen LogP contribution in [0.1, 0.15) is 55.5 Å². The number of alkyl carbamates (subject to hydrolysis) is 1. The lowest BCUT2D eigenvalue weighted by Crippen LogP contribution is -2.45. The van der Waals surface area contributed by atoms with Gasteiger partial charge in [-0.05, 0) is 192 Å². The second-order valence-electron chi connectivity index (χ2n) is 28.2. The highest BCUT2D eigenvalue weighted by molar-refractivity contribution is 9.10. The van der Waals surface area contributed by atoms with Crippen molar-refractivity contribution in [2.24, 2.45) is 11.7 Å². The molecule has 0 bridgehead atoms. The molecule has 10 aromatic carbocycles. The number of hydrogen-bond acceptors (Lipinski definition) is 17. The summed E-state index contributed by atoms with van der Waals surface area (Å²) in [5.41, 5.74) is 24.1. The molecule has 26 nitrogen and oxygen atoms in total. The molecule has 124 heavy (non-hydrogen) atoms. The van der Waals surface area contributed by atoms with Gasteiger partial charge in [0.15, 0.2) is 6.04 Å². The predicted octanol–water partition coefficient (Wildman–Crippen LogP) is 15.3. The van der Waals surface area contributed by atoms with Crippen LogP contribution in [-0.2, 0) is 19.1 Å². The Hall–Kier alpha value is -10.9. The molecule has 5 heterocycles. The Balaban J connectivity index is 0.000000307. The van der Waals surface area contributed by atoms with Crippen LogP contribution in [0, 0.1) is 69.6 Å². The number of aromatic nitrogens is 10. The molecule has 15 rings (SSSR count). The summed E-state index contributed by atoms with van der Waals surface area (Å²) in [6.45, 7) is 15.0. The quantitative estimate of drug-likeness (QED) is 0.0273.